The Morgan fingerprint density at radius 1 is 1.14 bits per heavy atom. The fraction of sp³-hybridized carbons (Fsp3) is 0.304. The number of carbonyl (C=O) groups is 1. The lowest BCUT2D eigenvalue weighted by molar-refractivity contribution is -0.121. The van der Waals surface area contributed by atoms with E-state index in [-0.39, 0.29) is 23.9 Å². The predicted molar refractivity (Wildman–Crippen MR) is 113 cm³/mol. The van der Waals surface area contributed by atoms with Crippen molar-refractivity contribution in [3.63, 3.8) is 0 Å². The number of hydrogen-bond acceptors (Lipinski definition) is 4. The average molecular weight is 390 g/mol. The van der Waals surface area contributed by atoms with E-state index in [0.717, 1.165) is 16.7 Å². The van der Waals surface area contributed by atoms with E-state index in [1.54, 1.807) is 19.3 Å². The standard InChI is InChI=1S/C23H26N4O2/c1-5-20-25-16(4)19(23(29)26-20)12-21(28)27-22(18-7-6-10-24-13-18)17-9-8-14(2)15(3)11-17/h6-11,13,22H,5,12H2,1-4H3,(H,27,28)(H,25,26,29)/t22-/m1/s1. The number of pyridine rings is 1. The van der Waals surface area contributed by atoms with Gasteiger partial charge in [-0.2, -0.15) is 0 Å². The summed E-state index contributed by atoms with van der Waals surface area (Å²) in [6, 6.07) is 9.56. The molecule has 0 aliphatic heterocycles. The van der Waals surface area contributed by atoms with Gasteiger partial charge in [0.25, 0.3) is 5.56 Å². The minimum atomic E-state index is -0.349. The molecule has 0 radical (unpaired) electrons. The third kappa shape index (κ3) is 4.77. The molecule has 0 saturated heterocycles. The molecule has 0 fully saturated rings. The molecule has 2 N–H and O–H groups in total. The molecule has 6 nitrogen and oxygen atoms in total. The number of carbonyl (C=O) groups excluding carboxylic acids is 1. The Bertz CT molecular complexity index is 1070. The van der Waals surface area contributed by atoms with Gasteiger partial charge in [-0.3, -0.25) is 14.6 Å². The van der Waals surface area contributed by atoms with Gasteiger partial charge in [-0.1, -0.05) is 31.2 Å². The van der Waals surface area contributed by atoms with Gasteiger partial charge < -0.3 is 10.3 Å². The molecule has 0 aliphatic rings. The van der Waals surface area contributed by atoms with E-state index in [9.17, 15) is 9.59 Å². The third-order valence-electron chi connectivity index (χ3n) is 5.13. The Balaban J connectivity index is 1.89. The number of rotatable bonds is 6. The normalized spacial score (nSPS) is 11.9. The van der Waals surface area contributed by atoms with Crippen molar-refractivity contribution in [3.05, 3.63) is 92.4 Å². The first-order valence-corrected chi connectivity index (χ1v) is 9.74. The molecule has 1 amide bonds. The van der Waals surface area contributed by atoms with Gasteiger partial charge in [-0.25, -0.2) is 4.98 Å². The van der Waals surface area contributed by atoms with Crippen LogP contribution in [0.25, 0.3) is 0 Å². The Hall–Kier alpha value is -3.28. The molecule has 1 atom stereocenters. The second-order valence-corrected chi connectivity index (χ2v) is 7.24. The van der Waals surface area contributed by atoms with Crippen LogP contribution in [-0.4, -0.2) is 20.9 Å². The molecular weight excluding hydrogens is 364 g/mol. The first-order chi connectivity index (χ1) is 13.9. The highest BCUT2D eigenvalue weighted by molar-refractivity contribution is 5.79. The van der Waals surface area contributed by atoms with Gasteiger partial charge >= 0.3 is 0 Å². The number of hydrogen-bond donors (Lipinski definition) is 2. The number of aromatic nitrogens is 3. The summed E-state index contributed by atoms with van der Waals surface area (Å²) in [6.45, 7) is 7.79. The van der Waals surface area contributed by atoms with Crippen LogP contribution in [0.3, 0.4) is 0 Å². The van der Waals surface area contributed by atoms with Crippen LogP contribution in [0.15, 0.2) is 47.5 Å². The number of nitrogens with zero attached hydrogens (tertiary/aromatic N) is 2. The SMILES string of the molecule is CCc1nc(C)c(CC(=O)N[C@@H](c2cccnc2)c2ccc(C)c(C)c2)c(=O)[nH]1. The highest BCUT2D eigenvalue weighted by atomic mass is 16.2. The molecule has 3 rings (SSSR count). The Morgan fingerprint density at radius 2 is 1.93 bits per heavy atom. The summed E-state index contributed by atoms with van der Waals surface area (Å²) < 4.78 is 0. The van der Waals surface area contributed by atoms with E-state index < -0.39 is 0 Å². The maximum absolute atomic E-state index is 12.9. The van der Waals surface area contributed by atoms with E-state index >= 15 is 0 Å². The number of nitrogens with one attached hydrogen (secondary N) is 2. The van der Waals surface area contributed by atoms with Gasteiger partial charge in [-0.15, -0.1) is 0 Å². The van der Waals surface area contributed by atoms with Crippen LogP contribution in [0.5, 0.6) is 0 Å². The van der Waals surface area contributed by atoms with E-state index in [1.165, 1.54) is 5.56 Å². The molecule has 0 spiro atoms. The highest BCUT2D eigenvalue weighted by Crippen LogP contribution is 2.23. The summed E-state index contributed by atoms with van der Waals surface area (Å²) in [4.78, 5) is 36.6. The first-order valence-electron chi connectivity index (χ1n) is 9.74. The number of amides is 1. The third-order valence-corrected chi connectivity index (χ3v) is 5.13. The van der Waals surface area contributed by atoms with Crippen LogP contribution >= 0.6 is 0 Å². The van der Waals surface area contributed by atoms with E-state index in [0.29, 0.717) is 23.5 Å². The molecule has 1 aromatic carbocycles. The Morgan fingerprint density at radius 3 is 2.55 bits per heavy atom. The molecule has 2 heterocycles. The smallest absolute Gasteiger partial charge is 0.254 e. The zero-order valence-electron chi connectivity index (χ0n) is 17.2. The Kier molecular flexibility index (Phi) is 6.22. The molecule has 2 aromatic heterocycles. The molecule has 0 saturated carbocycles. The fourth-order valence-electron chi connectivity index (χ4n) is 3.27. The second kappa shape index (κ2) is 8.82. The number of benzene rings is 1. The van der Waals surface area contributed by atoms with Crippen molar-refractivity contribution in [2.24, 2.45) is 0 Å². The van der Waals surface area contributed by atoms with Crippen molar-refractivity contribution >= 4 is 5.91 Å². The van der Waals surface area contributed by atoms with Crippen molar-refractivity contribution in [1.82, 2.24) is 20.3 Å². The van der Waals surface area contributed by atoms with Gasteiger partial charge in [0.15, 0.2) is 0 Å². The van der Waals surface area contributed by atoms with Crippen LogP contribution < -0.4 is 10.9 Å². The van der Waals surface area contributed by atoms with Crippen molar-refractivity contribution in [1.29, 1.82) is 0 Å². The molecule has 0 unspecified atom stereocenters. The number of H-pyrrole nitrogens is 1. The maximum Gasteiger partial charge on any atom is 0.254 e. The monoisotopic (exact) mass is 390 g/mol. The largest absolute Gasteiger partial charge is 0.345 e. The lowest BCUT2D eigenvalue weighted by Gasteiger charge is -2.20. The maximum atomic E-state index is 12.9. The summed E-state index contributed by atoms with van der Waals surface area (Å²) in [5, 5.41) is 3.07. The molecule has 6 heteroatoms. The van der Waals surface area contributed by atoms with Crippen LogP contribution in [0, 0.1) is 20.8 Å². The molecule has 150 valence electrons. The van der Waals surface area contributed by atoms with Crippen LogP contribution in [0.1, 0.15) is 52.3 Å². The van der Waals surface area contributed by atoms with Crippen molar-refractivity contribution in [2.45, 2.75) is 46.6 Å². The average Bonchev–Trinajstić information content (AvgIpc) is 2.71. The predicted octanol–water partition coefficient (Wildman–Crippen LogP) is 3.10. The molecule has 0 aliphatic carbocycles. The van der Waals surface area contributed by atoms with Crippen molar-refractivity contribution in [3.8, 4) is 0 Å². The first kappa shape index (κ1) is 20.5. The lowest BCUT2D eigenvalue weighted by atomic mass is 9.96. The molecule has 3 aromatic rings. The van der Waals surface area contributed by atoms with E-state index in [4.69, 9.17) is 0 Å². The zero-order valence-corrected chi connectivity index (χ0v) is 17.2. The minimum absolute atomic E-state index is 0.0280. The topological polar surface area (TPSA) is 87.7 Å². The van der Waals surface area contributed by atoms with Gasteiger partial charge in [0.05, 0.1) is 12.5 Å². The minimum Gasteiger partial charge on any atom is -0.345 e. The van der Waals surface area contributed by atoms with Gasteiger partial charge in [0.1, 0.15) is 5.82 Å². The van der Waals surface area contributed by atoms with Crippen molar-refractivity contribution in [2.75, 3.05) is 0 Å². The summed E-state index contributed by atoms with van der Waals surface area (Å²) in [5.74, 6) is 0.386. The molecular formula is C23H26N4O2. The quantitative estimate of drug-likeness (QED) is 0.677. The van der Waals surface area contributed by atoms with E-state index in [1.807, 2.05) is 38.1 Å². The summed E-state index contributed by atoms with van der Waals surface area (Å²) >= 11 is 0. The van der Waals surface area contributed by atoms with E-state index in [2.05, 4.69) is 33.3 Å². The zero-order chi connectivity index (χ0) is 21.0. The van der Waals surface area contributed by atoms with Crippen LogP contribution in [0.2, 0.25) is 0 Å². The summed E-state index contributed by atoms with van der Waals surface area (Å²) in [7, 11) is 0. The second-order valence-electron chi connectivity index (χ2n) is 7.24. The summed E-state index contributed by atoms with van der Waals surface area (Å²) in [6.07, 6.45) is 4.06. The Labute approximate surface area is 170 Å². The lowest BCUT2D eigenvalue weighted by Crippen LogP contribution is -2.33. The highest BCUT2D eigenvalue weighted by Gasteiger charge is 2.20. The van der Waals surface area contributed by atoms with Gasteiger partial charge in [0, 0.05) is 30.1 Å². The molecule has 0 bridgehead atoms. The van der Waals surface area contributed by atoms with Gasteiger partial charge in [0.2, 0.25) is 5.91 Å². The van der Waals surface area contributed by atoms with Crippen LogP contribution in [0.4, 0.5) is 0 Å². The van der Waals surface area contributed by atoms with Crippen LogP contribution in [-0.2, 0) is 17.6 Å². The summed E-state index contributed by atoms with van der Waals surface area (Å²) in [5.41, 5.74) is 4.92. The molecule has 29 heavy (non-hydrogen) atoms. The number of aromatic amines is 1. The fourth-order valence-corrected chi connectivity index (χ4v) is 3.27. The number of aryl methyl sites for hydroxylation is 4. The van der Waals surface area contributed by atoms with Crippen molar-refractivity contribution < 1.29 is 4.79 Å². The van der Waals surface area contributed by atoms with Gasteiger partial charge in [-0.05, 0) is 49.1 Å².